The molecule has 33 heavy (non-hydrogen) atoms. The first-order valence-corrected chi connectivity index (χ1v) is 11.2. The molecule has 174 valence electrons. The Bertz CT molecular complexity index is 1060. The number of nitrogens with zero attached hydrogens (tertiary/aromatic N) is 5. The fourth-order valence-corrected chi connectivity index (χ4v) is 4.47. The van der Waals surface area contributed by atoms with Crippen LogP contribution in [0.4, 0.5) is 5.82 Å². The van der Waals surface area contributed by atoms with Crippen molar-refractivity contribution < 1.29 is 14.1 Å². The molecule has 0 aliphatic heterocycles. The van der Waals surface area contributed by atoms with E-state index < -0.39 is 0 Å². The van der Waals surface area contributed by atoms with E-state index in [0.29, 0.717) is 17.3 Å². The lowest BCUT2D eigenvalue weighted by Gasteiger charge is -2.32. The maximum absolute atomic E-state index is 13.3. The normalized spacial score (nSPS) is 19.1. The van der Waals surface area contributed by atoms with Crippen molar-refractivity contribution in [3.63, 3.8) is 0 Å². The maximum Gasteiger partial charge on any atom is 0.256 e. The molecule has 3 heterocycles. The SMILES string of the molecule is Cc1nnn(C)c1-c1ccc(NC(=O)C(CNC(=O)c2cnoc2)C2CCC(C)CC2)nc1. The lowest BCUT2D eigenvalue weighted by molar-refractivity contribution is -0.121. The molecule has 2 N–H and O–H groups in total. The minimum absolute atomic E-state index is 0.140. The second-order valence-electron chi connectivity index (χ2n) is 8.82. The highest BCUT2D eigenvalue weighted by molar-refractivity contribution is 5.95. The molecule has 3 aromatic rings. The van der Waals surface area contributed by atoms with E-state index in [9.17, 15) is 9.59 Å². The van der Waals surface area contributed by atoms with E-state index in [0.717, 1.165) is 42.6 Å². The van der Waals surface area contributed by atoms with Gasteiger partial charge in [-0.3, -0.25) is 9.59 Å². The van der Waals surface area contributed by atoms with Gasteiger partial charge in [0.15, 0.2) is 0 Å². The van der Waals surface area contributed by atoms with Gasteiger partial charge in [-0.1, -0.05) is 30.1 Å². The van der Waals surface area contributed by atoms with Crippen molar-refractivity contribution in [3.05, 3.63) is 42.0 Å². The van der Waals surface area contributed by atoms with Crippen LogP contribution in [0.5, 0.6) is 0 Å². The van der Waals surface area contributed by atoms with Gasteiger partial charge in [0, 0.05) is 25.4 Å². The summed E-state index contributed by atoms with van der Waals surface area (Å²) in [5, 5.41) is 17.5. The summed E-state index contributed by atoms with van der Waals surface area (Å²) in [7, 11) is 1.83. The van der Waals surface area contributed by atoms with Crippen LogP contribution in [0.2, 0.25) is 0 Å². The molecule has 10 heteroatoms. The monoisotopic (exact) mass is 451 g/mol. The zero-order chi connectivity index (χ0) is 23.4. The van der Waals surface area contributed by atoms with Crippen molar-refractivity contribution in [3.8, 4) is 11.3 Å². The second-order valence-corrected chi connectivity index (χ2v) is 8.82. The number of hydrogen-bond acceptors (Lipinski definition) is 7. The lowest BCUT2D eigenvalue weighted by atomic mass is 9.76. The molecule has 1 fully saturated rings. The number of carbonyl (C=O) groups excluding carboxylic acids is 2. The van der Waals surface area contributed by atoms with E-state index in [-0.39, 0.29) is 30.2 Å². The topological polar surface area (TPSA) is 128 Å². The number of hydrogen-bond donors (Lipinski definition) is 2. The first kappa shape index (κ1) is 22.6. The standard InChI is InChI=1S/C23H29N7O3/c1-14-4-6-16(7-5-14)19(12-25-22(31)18-11-26-33-13-18)23(32)27-20-9-8-17(10-24-20)21-15(2)28-29-30(21)3/h8-11,13-14,16,19H,4-7,12H2,1-3H3,(H,25,31)(H,24,27,32). The van der Waals surface area contributed by atoms with Crippen LogP contribution < -0.4 is 10.6 Å². The zero-order valence-corrected chi connectivity index (χ0v) is 19.1. The highest BCUT2D eigenvalue weighted by atomic mass is 16.5. The van der Waals surface area contributed by atoms with E-state index in [1.54, 1.807) is 16.9 Å². The molecule has 1 aliphatic carbocycles. The summed E-state index contributed by atoms with van der Waals surface area (Å²) in [6.45, 7) is 4.37. The minimum atomic E-state index is -0.355. The summed E-state index contributed by atoms with van der Waals surface area (Å²) in [4.78, 5) is 30.0. The van der Waals surface area contributed by atoms with Crippen molar-refractivity contribution in [1.82, 2.24) is 30.5 Å². The molecule has 0 bridgehead atoms. The summed E-state index contributed by atoms with van der Waals surface area (Å²) in [6.07, 6.45) is 8.43. The van der Waals surface area contributed by atoms with Gasteiger partial charge in [0.25, 0.3) is 5.91 Å². The quantitative estimate of drug-likeness (QED) is 0.565. The molecular formula is C23H29N7O3. The molecule has 10 nitrogen and oxygen atoms in total. The molecule has 3 aromatic heterocycles. The largest absolute Gasteiger partial charge is 0.364 e. The number of aryl methyl sites for hydroxylation is 2. The molecule has 2 amide bonds. The Morgan fingerprint density at radius 3 is 2.61 bits per heavy atom. The minimum Gasteiger partial charge on any atom is -0.364 e. The Morgan fingerprint density at radius 1 is 1.21 bits per heavy atom. The third kappa shape index (κ3) is 5.27. The van der Waals surface area contributed by atoms with E-state index in [1.807, 2.05) is 20.0 Å². The number of rotatable bonds is 7. The molecule has 1 saturated carbocycles. The van der Waals surface area contributed by atoms with Gasteiger partial charge >= 0.3 is 0 Å². The summed E-state index contributed by atoms with van der Waals surface area (Å²) in [5.41, 5.74) is 2.90. The Morgan fingerprint density at radius 2 is 2.00 bits per heavy atom. The van der Waals surface area contributed by atoms with Crippen molar-refractivity contribution >= 4 is 17.6 Å². The molecule has 0 spiro atoms. The zero-order valence-electron chi connectivity index (χ0n) is 19.1. The Labute approximate surface area is 192 Å². The molecule has 1 atom stereocenters. The molecule has 4 rings (SSSR count). The summed E-state index contributed by atoms with van der Waals surface area (Å²) in [6, 6.07) is 3.66. The molecule has 0 aromatic carbocycles. The van der Waals surface area contributed by atoms with Crippen molar-refractivity contribution in [2.45, 2.75) is 39.5 Å². The average molecular weight is 452 g/mol. The predicted molar refractivity (Wildman–Crippen MR) is 121 cm³/mol. The van der Waals surface area contributed by atoms with Gasteiger partial charge < -0.3 is 15.2 Å². The van der Waals surface area contributed by atoms with Gasteiger partial charge in [-0.2, -0.15) is 0 Å². The Hall–Kier alpha value is -3.56. The van der Waals surface area contributed by atoms with E-state index in [1.165, 1.54) is 12.5 Å². The van der Waals surface area contributed by atoms with Crippen LogP contribution in [-0.4, -0.2) is 43.5 Å². The fourth-order valence-electron chi connectivity index (χ4n) is 4.47. The van der Waals surface area contributed by atoms with E-state index >= 15 is 0 Å². The van der Waals surface area contributed by atoms with Crippen molar-refractivity contribution in [1.29, 1.82) is 0 Å². The van der Waals surface area contributed by atoms with Crippen LogP contribution in [-0.2, 0) is 11.8 Å². The highest BCUT2D eigenvalue weighted by Gasteiger charge is 2.32. The van der Waals surface area contributed by atoms with Crippen LogP contribution in [0, 0.1) is 24.7 Å². The Balaban J connectivity index is 1.45. The third-order valence-electron chi connectivity index (χ3n) is 6.43. The van der Waals surface area contributed by atoms with Gasteiger partial charge in [0.1, 0.15) is 12.1 Å². The molecular weight excluding hydrogens is 422 g/mol. The lowest BCUT2D eigenvalue weighted by Crippen LogP contribution is -2.40. The van der Waals surface area contributed by atoms with Crippen LogP contribution in [0.15, 0.2) is 35.3 Å². The number of nitrogens with one attached hydrogen (secondary N) is 2. The first-order valence-electron chi connectivity index (χ1n) is 11.2. The average Bonchev–Trinajstić information content (AvgIpc) is 3.46. The van der Waals surface area contributed by atoms with Gasteiger partial charge in [0.2, 0.25) is 5.91 Å². The summed E-state index contributed by atoms with van der Waals surface area (Å²) < 4.78 is 6.44. The highest BCUT2D eigenvalue weighted by Crippen LogP contribution is 2.34. The third-order valence-corrected chi connectivity index (χ3v) is 6.43. The summed E-state index contributed by atoms with van der Waals surface area (Å²) >= 11 is 0. The fraction of sp³-hybridized carbons (Fsp3) is 0.478. The van der Waals surface area contributed by atoms with Crippen LogP contribution in [0.1, 0.15) is 48.7 Å². The van der Waals surface area contributed by atoms with Crippen LogP contribution >= 0.6 is 0 Å². The molecule has 0 radical (unpaired) electrons. The van der Waals surface area contributed by atoms with Crippen LogP contribution in [0.3, 0.4) is 0 Å². The number of carbonyl (C=O) groups is 2. The molecule has 1 unspecified atom stereocenters. The van der Waals surface area contributed by atoms with Gasteiger partial charge in [0.05, 0.1) is 29.1 Å². The number of pyridine rings is 1. The number of anilines is 1. The number of amides is 2. The smallest absolute Gasteiger partial charge is 0.256 e. The van der Waals surface area contributed by atoms with Gasteiger partial charge in [-0.25, -0.2) is 9.67 Å². The van der Waals surface area contributed by atoms with E-state index in [2.05, 4.69) is 38.0 Å². The predicted octanol–water partition coefficient (Wildman–Crippen LogP) is 2.98. The van der Waals surface area contributed by atoms with Gasteiger partial charge in [-0.05, 0) is 43.7 Å². The Kier molecular flexibility index (Phi) is 6.81. The maximum atomic E-state index is 13.3. The van der Waals surface area contributed by atoms with Crippen LogP contribution in [0.25, 0.3) is 11.3 Å². The first-order chi connectivity index (χ1) is 15.9. The van der Waals surface area contributed by atoms with E-state index in [4.69, 9.17) is 4.52 Å². The molecule has 1 aliphatic rings. The summed E-state index contributed by atoms with van der Waals surface area (Å²) in [5.74, 6) is 0.532. The van der Waals surface area contributed by atoms with Crippen molar-refractivity contribution in [2.24, 2.45) is 24.8 Å². The van der Waals surface area contributed by atoms with Gasteiger partial charge in [-0.15, -0.1) is 5.10 Å². The van der Waals surface area contributed by atoms with Crippen molar-refractivity contribution in [2.75, 3.05) is 11.9 Å². The molecule has 0 saturated heterocycles. The second kappa shape index (κ2) is 9.93. The number of aromatic nitrogens is 5.